The molecule has 0 spiro atoms. The van der Waals surface area contributed by atoms with Crippen LogP contribution in [0.15, 0.2) is 83.8 Å². The van der Waals surface area contributed by atoms with Gasteiger partial charge >= 0.3 is 0 Å². The first kappa shape index (κ1) is 29.1. The Morgan fingerprint density at radius 2 is 1.63 bits per heavy atom. The van der Waals surface area contributed by atoms with E-state index in [2.05, 4.69) is 5.32 Å². The summed E-state index contributed by atoms with van der Waals surface area (Å²) in [6, 6.07) is 18.5. The van der Waals surface area contributed by atoms with Crippen molar-refractivity contribution in [3.05, 3.63) is 95.3 Å². The van der Waals surface area contributed by atoms with Crippen LogP contribution in [0.3, 0.4) is 0 Å². The molecule has 0 saturated heterocycles. The molecule has 3 aromatic rings. The minimum absolute atomic E-state index is 0.000391. The molecule has 1 N–H and O–H groups in total. The minimum atomic E-state index is -4.17. The Hall–Kier alpha value is -3.43. The number of amides is 2. The van der Waals surface area contributed by atoms with Crippen molar-refractivity contribution in [2.75, 3.05) is 10.8 Å². The number of sulfonamides is 1. The molecule has 10 heteroatoms. The molecule has 0 radical (unpaired) electrons. The van der Waals surface area contributed by atoms with Gasteiger partial charge in [0.2, 0.25) is 11.8 Å². The van der Waals surface area contributed by atoms with Crippen LogP contribution in [0.5, 0.6) is 0 Å². The van der Waals surface area contributed by atoms with Crippen molar-refractivity contribution in [3.63, 3.8) is 0 Å². The Labute approximate surface area is 228 Å². The van der Waals surface area contributed by atoms with E-state index in [-0.39, 0.29) is 29.1 Å². The van der Waals surface area contributed by atoms with Gasteiger partial charge in [-0.25, -0.2) is 12.8 Å². The zero-order valence-corrected chi connectivity index (χ0v) is 23.0. The number of carbonyl (C=O) groups excluding carboxylic acids is 2. The molecule has 202 valence electrons. The monoisotopic (exact) mass is 559 g/mol. The number of carbonyl (C=O) groups is 2. The summed E-state index contributed by atoms with van der Waals surface area (Å²) in [5.41, 5.74) is 0.788. The van der Waals surface area contributed by atoms with Gasteiger partial charge in [0, 0.05) is 17.6 Å². The summed E-state index contributed by atoms with van der Waals surface area (Å²) < 4.78 is 41.8. The first-order chi connectivity index (χ1) is 18.0. The van der Waals surface area contributed by atoms with Crippen molar-refractivity contribution in [2.24, 2.45) is 0 Å². The summed E-state index contributed by atoms with van der Waals surface area (Å²) in [5.74, 6) is -1.43. The average molecular weight is 560 g/mol. The number of hydrogen-bond acceptors (Lipinski definition) is 4. The lowest BCUT2D eigenvalue weighted by molar-refractivity contribution is -0.139. The number of anilines is 1. The molecule has 3 rings (SSSR count). The minimum Gasteiger partial charge on any atom is -0.352 e. The van der Waals surface area contributed by atoms with Crippen LogP contribution < -0.4 is 9.62 Å². The van der Waals surface area contributed by atoms with E-state index in [1.807, 2.05) is 13.8 Å². The van der Waals surface area contributed by atoms with Gasteiger partial charge < -0.3 is 10.2 Å². The maximum atomic E-state index is 13.8. The van der Waals surface area contributed by atoms with Gasteiger partial charge in [0.25, 0.3) is 10.0 Å². The highest BCUT2D eigenvalue weighted by atomic mass is 35.5. The second-order valence-corrected chi connectivity index (χ2v) is 11.2. The van der Waals surface area contributed by atoms with Gasteiger partial charge in [-0.1, -0.05) is 54.9 Å². The molecular formula is C28H31ClFN3O4S. The van der Waals surface area contributed by atoms with Crippen molar-refractivity contribution in [1.82, 2.24) is 10.2 Å². The summed E-state index contributed by atoms with van der Waals surface area (Å²) in [6.07, 6.45) is 0.697. The lowest BCUT2D eigenvalue weighted by Gasteiger charge is -2.32. The SMILES string of the molecule is CCC(C)NC(=O)C(C)N(Cc1ccc(F)cc1)C(=O)CN(c1cccc(Cl)c1)S(=O)(=O)c1ccccc1. The third kappa shape index (κ3) is 7.33. The fraction of sp³-hybridized carbons (Fsp3) is 0.286. The number of nitrogens with zero attached hydrogens (tertiary/aromatic N) is 2. The topological polar surface area (TPSA) is 86.8 Å². The van der Waals surface area contributed by atoms with E-state index in [0.717, 1.165) is 4.31 Å². The molecule has 0 aliphatic rings. The van der Waals surface area contributed by atoms with Crippen molar-refractivity contribution < 1.29 is 22.4 Å². The lowest BCUT2D eigenvalue weighted by atomic mass is 10.1. The first-order valence-electron chi connectivity index (χ1n) is 12.2. The zero-order chi connectivity index (χ0) is 27.9. The van der Waals surface area contributed by atoms with Gasteiger partial charge in [-0.3, -0.25) is 13.9 Å². The van der Waals surface area contributed by atoms with Gasteiger partial charge in [-0.15, -0.1) is 0 Å². The van der Waals surface area contributed by atoms with Crippen molar-refractivity contribution in [1.29, 1.82) is 0 Å². The summed E-state index contributed by atoms with van der Waals surface area (Å²) in [5, 5.41) is 3.16. The zero-order valence-electron chi connectivity index (χ0n) is 21.5. The maximum absolute atomic E-state index is 13.8. The highest BCUT2D eigenvalue weighted by Gasteiger charge is 2.32. The van der Waals surface area contributed by atoms with Crippen molar-refractivity contribution >= 4 is 39.1 Å². The van der Waals surface area contributed by atoms with E-state index in [9.17, 15) is 22.4 Å². The highest BCUT2D eigenvalue weighted by molar-refractivity contribution is 7.92. The van der Waals surface area contributed by atoms with E-state index in [1.54, 1.807) is 43.3 Å². The van der Waals surface area contributed by atoms with Crippen LogP contribution in [-0.2, 0) is 26.2 Å². The number of rotatable bonds is 11. The molecule has 38 heavy (non-hydrogen) atoms. The molecule has 0 fully saturated rings. The number of nitrogens with one attached hydrogen (secondary N) is 1. The van der Waals surface area contributed by atoms with Crippen LogP contribution in [0.4, 0.5) is 10.1 Å². The molecule has 2 amide bonds. The van der Waals surface area contributed by atoms with Gasteiger partial charge in [-0.2, -0.15) is 0 Å². The fourth-order valence-corrected chi connectivity index (χ4v) is 5.33. The van der Waals surface area contributed by atoms with E-state index in [4.69, 9.17) is 11.6 Å². The standard InChI is InChI=1S/C28H31ClFN3O4S/c1-4-20(2)31-28(35)21(3)32(18-22-13-15-24(30)16-14-22)27(34)19-33(25-10-8-9-23(29)17-25)38(36,37)26-11-6-5-7-12-26/h5-17,20-21H,4,18-19H2,1-3H3,(H,31,35). The van der Waals surface area contributed by atoms with Crippen LogP contribution >= 0.6 is 11.6 Å². The molecule has 0 aliphatic heterocycles. The Morgan fingerprint density at radius 3 is 2.24 bits per heavy atom. The molecular weight excluding hydrogens is 529 g/mol. The lowest BCUT2D eigenvalue weighted by Crippen LogP contribution is -2.52. The van der Waals surface area contributed by atoms with Crippen molar-refractivity contribution in [3.8, 4) is 0 Å². The Bertz CT molecular complexity index is 1350. The summed E-state index contributed by atoms with van der Waals surface area (Å²) in [7, 11) is -4.17. The van der Waals surface area contributed by atoms with E-state index in [1.165, 1.54) is 47.4 Å². The van der Waals surface area contributed by atoms with Crippen LogP contribution in [0.2, 0.25) is 5.02 Å². The molecule has 0 aromatic heterocycles. The predicted octanol–water partition coefficient (Wildman–Crippen LogP) is 5.01. The summed E-state index contributed by atoms with van der Waals surface area (Å²) >= 11 is 6.16. The fourth-order valence-electron chi connectivity index (χ4n) is 3.71. The number of halogens is 2. The van der Waals surface area contributed by atoms with Crippen molar-refractivity contribution in [2.45, 2.75) is 50.7 Å². The van der Waals surface area contributed by atoms with Gasteiger partial charge in [0.1, 0.15) is 18.4 Å². The molecule has 0 saturated carbocycles. The Morgan fingerprint density at radius 1 is 0.974 bits per heavy atom. The molecule has 0 bridgehead atoms. The normalized spacial score (nSPS) is 12.9. The van der Waals surface area contributed by atoms with E-state index in [0.29, 0.717) is 17.0 Å². The molecule has 2 unspecified atom stereocenters. The third-order valence-corrected chi connectivity index (χ3v) is 8.16. The molecule has 2 atom stereocenters. The highest BCUT2D eigenvalue weighted by Crippen LogP contribution is 2.26. The average Bonchev–Trinajstić information content (AvgIpc) is 2.91. The predicted molar refractivity (Wildman–Crippen MR) is 147 cm³/mol. The van der Waals surface area contributed by atoms with Crippen LogP contribution in [0, 0.1) is 5.82 Å². The largest absolute Gasteiger partial charge is 0.352 e. The van der Waals surface area contributed by atoms with Crippen LogP contribution in [0.1, 0.15) is 32.8 Å². The first-order valence-corrected chi connectivity index (χ1v) is 14.0. The smallest absolute Gasteiger partial charge is 0.264 e. The van der Waals surface area contributed by atoms with Crippen LogP contribution in [-0.4, -0.2) is 43.8 Å². The molecule has 0 aliphatic carbocycles. The van der Waals surface area contributed by atoms with Gasteiger partial charge in [0.15, 0.2) is 0 Å². The number of hydrogen-bond donors (Lipinski definition) is 1. The summed E-state index contributed by atoms with van der Waals surface area (Å²) in [6.45, 7) is 4.75. The second-order valence-electron chi connectivity index (χ2n) is 8.95. The molecule has 7 nitrogen and oxygen atoms in total. The summed E-state index contributed by atoms with van der Waals surface area (Å²) in [4.78, 5) is 28.1. The Kier molecular flexibility index (Phi) is 9.88. The maximum Gasteiger partial charge on any atom is 0.264 e. The van der Waals surface area contributed by atoms with Gasteiger partial charge in [-0.05, 0) is 68.3 Å². The number of benzene rings is 3. The quantitative estimate of drug-likeness (QED) is 0.358. The molecule has 0 heterocycles. The van der Waals surface area contributed by atoms with E-state index < -0.39 is 34.3 Å². The van der Waals surface area contributed by atoms with E-state index >= 15 is 0 Å². The molecule has 3 aromatic carbocycles. The van der Waals surface area contributed by atoms with Crippen LogP contribution in [0.25, 0.3) is 0 Å². The Balaban J connectivity index is 2.01. The third-order valence-electron chi connectivity index (χ3n) is 6.14. The second kappa shape index (κ2) is 12.9. The van der Waals surface area contributed by atoms with Gasteiger partial charge in [0.05, 0.1) is 10.6 Å².